The molecule has 90 valence electrons. The van der Waals surface area contributed by atoms with Crippen LogP contribution in [0.15, 0.2) is 42.1 Å². The van der Waals surface area contributed by atoms with E-state index in [1.54, 1.807) is 0 Å². The molecule has 0 heterocycles. The average Bonchev–Trinajstić information content (AvgIpc) is 2.39. The molecule has 3 heteroatoms. The second kappa shape index (κ2) is 6.09. The van der Waals surface area contributed by atoms with Crippen molar-refractivity contribution in [3.63, 3.8) is 0 Å². The third-order valence-electron chi connectivity index (χ3n) is 2.93. The van der Waals surface area contributed by atoms with Gasteiger partial charge in [-0.3, -0.25) is 0 Å². The monoisotopic (exact) mass is 230 g/mol. The normalized spacial score (nSPS) is 15.2. The smallest absolute Gasteiger partial charge is 0.314 e. The Balaban J connectivity index is 1.81. The highest BCUT2D eigenvalue weighted by atomic mass is 16.2. The van der Waals surface area contributed by atoms with Crippen molar-refractivity contribution in [1.29, 1.82) is 0 Å². The summed E-state index contributed by atoms with van der Waals surface area (Å²) < 4.78 is 0. The van der Waals surface area contributed by atoms with Gasteiger partial charge in [0.1, 0.15) is 0 Å². The summed E-state index contributed by atoms with van der Waals surface area (Å²) in [7, 11) is 0. The number of hydrogen-bond donors (Lipinski definition) is 2. The molecule has 1 aliphatic rings. The number of para-hydroxylation sites is 1. The number of urea groups is 1. The lowest BCUT2D eigenvalue weighted by atomic mass is 9.96. The number of hydrogen-bond acceptors (Lipinski definition) is 1. The summed E-state index contributed by atoms with van der Waals surface area (Å²) in [6.07, 6.45) is 7.89. The van der Waals surface area contributed by atoms with E-state index in [2.05, 4.69) is 10.6 Å². The zero-order valence-electron chi connectivity index (χ0n) is 9.91. The molecule has 1 fully saturated rings. The van der Waals surface area contributed by atoms with Gasteiger partial charge in [-0.2, -0.15) is 0 Å². The van der Waals surface area contributed by atoms with Crippen molar-refractivity contribution in [1.82, 2.24) is 5.32 Å². The number of allylic oxidation sites excluding steroid dienone is 1. The molecule has 2 rings (SSSR count). The molecule has 2 amide bonds. The zero-order chi connectivity index (χ0) is 11.9. The van der Waals surface area contributed by atoms with E-state index in [0.29, 0.717) is 0 Å². The van der Waals surface area contributed by atoms with Crippen LogP contribution in [-0.2, 0) is 0 Å². The molecule has 17 heavy (non-hydrogen) atoms. The Morgan fingerprint density at radius 1 is 1.06 bits per heavy atom. The van der Waals surface area contributed by atoms with Crippen molar-refractivity contribution in [3.05, 3.63) is 42.1 Å². The van der Waals surface area contributed by atoms with Crippen LogP contribution in [0.25, 0.3) is 0 Å². The van der Waals surface area contributed by atoms with Crippen LogP contribution in [0.1, 0.15) is 32.1 Å². The molecule has 2 N–H and O–H groups in total. The Kier molecular flexibility index (Phi) is 4.19. The third-order valence-corrected chi connectivity index (χ3v) is 2.93. The highest BCUT2D eigenvalue weighted by Crippen LogP contribution is 2.21. The van der Waals surface area contributed by atoms with Gasteiger partial charge in [0.25, 0.3) is 0 Å². The van der Waals surface area contributed by atoms with Crippen LogP contribution in [-0.4, -0.2) is 6.03 Å². The Hall–Kier alpha value is -1.77. The van der Waals surface area contributed by atoms with E-state index < -0.39 is 0 Å². The maximum absolute atomic E-state index is 11.6. The quantitative estimate of drug-likeness (QED) is 0.799. The van der Waals surface area contributed by atoms with Crippen LogP contribution < -0.4 is 10.6 Å². The minimum absolute atomic E-state index is 0.172. The number of rotatable bonds is 2. The predicted octanol–water partition coefficient (Wildman–Crippen LogP) is 3.66. The van der Waals surface area contributed by atoms with Gasteiger partial charge in [0.2, 0.25) is 0 Å². The summed E-state index contributed by atoms with van der Waals surface area (Å²) in [6, 6.07) is 9.28. The topological polar surface area (TPSA) is 41.1 Å². The van der Waals surface area contributed by atoms with Crippen LogP contribution in [0.2, 0.25) is 0 Å². The van der Waals surface area contributed by atoms with E-state index in [1.165, 1.54) is 24.8 Å². The van der Waals surface area contributed by atoms with Crippen LogP contribution in [0.5, 0.6) is 0 Å². The molecule has 1 aliphatic carbocycles. The van der Waals surface area contributed by atoms with E-state index in [9.17, 15) is 4.79 Å². The first-order valence-corrected chi connectivity index (χ1v) is 6.15. The van der Waals surface area contributed by atoms with E-state index in [-0.39, 0.29) is 6.03 Å². The van der Waals surface area contributed by atoms with Gasteiger partial charge >= 0.3 is 6.03 Å². The highest BCUT2D eigenvalue weighted by molar-refractivity contribution is 5.89. The summed E-state index contributed by atoms with van der Waals surface area (Å²) in [4.78, 5) is 11.6. The van der Waals surface area contributed by atoms with Gasteiger partial charge in [0.15, 0.2) is 0 Å². The number of nitrogens with one attached hydrogen (secondary N) is 2. The fraction of sp³-hybridized carbons (Fsp3) is 0.357. The molecular weight excluding hydrogens is 212 g/mol. The van der Waals surface area contributed by atoms with Crippen molar-refractivity contribution in [2.45, 2.75) is 32.1 Å². The van der Waals surface area contributed by atoms with E-state index in [1.807, 2.05) is 36.5 Å². The minimum atomic E-state index is -0.172. The van der Waals surface area contributed by atoms with Crippen molar-refractivity contribution < 1.29 is 4.79 Å². The summed E-state index contributed by atoms with van der Waals surface area (Å²) >= 11 is 0. The molecule has 0 radical (unpaired) electrons. The van der Waals surface area contributed by atoms with Crippen LogP contribution in [0.3, 0.4) is 0 Å². The molecule has 0 bridgehead atoms. The van der Waals surface area contributed by atoms with Crippen molar-refractivity contribution in [3.8, 4) is 0 Å². The van der Waals surface area contributed by atoms with Crippen molar-refractivity contribution in [2.24, 2.45) is 0 Å². The Morgan fingerprint density at radius 3 is 2.47 bits per heavy atom. The van der Waals surface area contributed by atoms with Crippen molar-refractivity contribution in [2.75, 3.05) is 5.32 Å². The van der Waals surface area contributed by atoms with Crippen LogP contribution in [0, 0.1) is 0 Å². The first kappa shape index (κ1) is 11.7. The molecule has 0 saturated heterocycles. The molecule has 0 atom stereocenters. The second-order valence-electron chi connectivity index (χ2n) is 4.33. The zero-order valence-corrected chi connectivity index (χ0v) is 9.91. The fourth-order valence-electron chi connectivity index (χ4n) is 2.01. The van der Waals surface area contributed by atoms with Gasteiger partial charge in [-0.25, -0.2) is 4.79 Å². The number of amides is 2. The average molecular weight is 230 g/mol. The third kappa shape index (κ3) is 3.94. The number of benzene rings is 1. The molecule has 0 spiro atoms. The summed E-state index contributed by atoms with van der Waals surface area (Å²) in [5.41, 5.74) is 2.16. The largest absolute Gasteiger partial charge is 0.323 e. The minimum Gasteiger partial charge on any atom is -0.314 e. The maximum atomic E-state index is 11.6. The van der Waals surface area contributed by atoms with E-state index in [4.69, 9.17) is 0 Å². The molecule has 1 saturated carbocycles. The SMILES string of the molecule is O=C(NC=C1CCCCC1)Nc1ccccc1. The highest BCUT2D eigenvalue weighted by Gasteiger charge is 2.05. The molecule has 1 aromatic carbocycles. The van der Waals surface area contributed by atoms with Gasteiger partial charge in [-0.1, -0.05) is 30.2 Å². The van der Waals surface area contributed by atoms with Crippen molar-refractivity contribution >= 4 is 11.7 Å². The lowest BCUT2D eigenvalue weighted by molar-refractivity contribution is 0.255. The van der Waals surface area contributed by atoms with Gasteiger partial charge in [-0.05, 0) is 37.8 Å². The first-order valence-electron chi connectivity index (χ1n) is 6.15. The second-order valence-corrected chi connectivity index (χ2v) is 4.33. The van der Waals surface area contributed by atoms with Gasteiger partial charge < -0.3 is 10.6 Å². The van der Waals surface area contributed by atoms with E-state index >= 15 is 0 Å². The van der Waals surface area contributed by atoms with Crippen LogP contribution >= 0.6 is 0 Å². The van der Waals surface area contributed by atoms with Gasteiger partial charge in [-0.15, -0.1) is 0 Å². The number of carbonyl (C=O) groups is 1. The summed E-state index contributed by atoms with van der Waals surface area (Å²) in [5.74, 6) is 0. The predicted molar refractivity (Wildman–Crippen MR) is 69.8 cm³/mol. The van der Waals surface area contributed by atoms with Gasteiger partial charge in [0.05, 0.1) is 0 Å². The molecule has 0 unspecified atom stereocenters. The molecule has 0 aliphatic heterocycles. The van der Waals surface area contributed by atoms with Crippen LogP contribution in [0.4, 0.5) is 10.5 Å². The Labute approximate surface area is 102 Å². The van der Waals surface area contributed by atoms with Gasteiger partial charge in [0, 0.05) is 11.9 Å². The molecule has 3 nitrogen and oxygen atoms in total. The Morgan fingerprint density at radius 2 is 1.76 bits per heavy atom. The lowest BCUT2D eigenvalue weighted by Crippen LogP contribution is -2.24. The maximum Gasteiger partial charge on any atom is 0.323 e. The first-order chi connectivity index (χ1) is 8.34. The lowest BCUT2D eigenvalue weighted by Gasteiger charge is -2.13. The number of carbonyl (C=O) groups excluding carboxylic acids is 1. The molecule has 0 aromatic heterocycles. The number of anilines is 1. The Bertz CT molecular complexity index is 390. The summed E-state index contributed by atoms with van der Waals surface area (Å²) in [6.45, 7) is 0. The summed E-state index contributed by atoms with van der Waals surface area (Å²) in [5, 5.41) is 5.58. The molecular formula is C14H18N2O. The van der Waals surface area contributed by atoms with E-state index in [0.717, 1.165) is 18.5 Å². The standard InChI is InChI=1S/C14H18N2O/c17-14(16-13-9-5-2-6-10-13)15-11-12-7-3-1-4-8-12/h2,5-6,9-11H,1,3-4,7-8H2,(H2,15,16,17). The fourth-order valence-corrected chi connectivity index (χ4v) is 2.01. The molecule has 1 aromatic rings.